The number of carbonyl (C=O) groups excluding carboxylic acids is 2. The molecule has 6 heteroatoms. The molecule has 3 N–H and O–H groups in total. The lowest BCUT2D eigenvalue weighted by Gasteiger charge is -2.34. The highest BCUT2D eigenvalue weighted by Crippen LogP contribution is 2.24. The van der Waals surface area contributed by atoms with E-state index in [0.717, 1.165) is 18.5 Å². The zero-order valence-corrected chi connectivity index (χ0v) is 16.4. The Kier molecular flexibility index (Phi) is 6.63. The number of nitrogen functional groups attached to an aromatic ring is 1. The molecule has 1 saturated carbocycles. The van der Waals surface area contributed by atoms with Crippen LogP contribution < -0.4 is 11.1 Å². The molecule has 0 unspecified atom stereocenters. The van der Waals surface area contributed by atoms with E-state index in [4.69, 9.17) is 5.73 Å². The second-order valence-corrected chi connectivity index (χ2v) is 7.25. The standard InChI is InChI=1S/C22H28N4O2/c1-2-21(27)26(18-8-4-3-5-9-18)15-17-13-12-16(14-24-17)22(28)25-20-11-7-6-10-19(20)23/h6-7,10-14,18H,2-5,8-9,15,23H2,1H3,(H,25,28). The molecule has 0 radical (unpaired) electrons. The topological polar surface area (TPSA) is 88.3 Å². The summed E-state index contributed by atoms with van der Waals surface area (Å²) in [7, 11) is 0. The third kappa shape index (κ3) is 4.88. The maximum Gasteiger partial charge on any atom is 0.257 e. The van der Waals surface area contributed by atoms with Gasteiger partial charge in [0.05, 0.1) is 29.2 Å². The van der Waals surface area contributed by atoms with E-state index < -0.39 is 0 Å². The maximum atomic E-state index is 12.4. The van der Waals surface area contributed by atoms with Crippen molar-refractivity contribution >= 4 is 23.2 Å². The number of nitrogens with zero attached hydrogens (tertiary/aromatic N) is 2. The Balaban J connectivity index is 1.67. The fraction of sp³-hybridized carbons (Fsp3) is 0.409. The molecule has 1 aromatic heterocycles. The van der Waals surface area contributed by atoms with Crippen molar-refractivity contribution in [2.75, 3.05) is 11.1 Å². The number of rotatable bonds is 6. The fourth-order valence-corrected chi connectivity index (χ4v) is 3.65. The highest BCUT2D eigenvalue weighted by atomic mass is 16.2. The van der Waals surface area contributed by atoms with E-state index in [1.165, 1.54) is 19.3 Å². The first kappa shape index (κ1) is 19.9. The van der Waals surface area contributed by atoms with Gasteiger partial charge in [-0.2, -0.15) is 0 Å². The smallest absolute Gasteiger partial charge is 0.257 e. The minimum atomic E-state index is -0.259. The molecule has 28 heavy (non-hydrogen) atoms. The molecular formula is C22H28N4O2. The van der Waals surface area contributed by atoms with Gasteiger partial charge in [-0.15, -0.1) is 0 Å². The van der Waals surface area contributed by atoms with Crippen LogP contribution in [0.4, 0.5) is 11.4 Å². The number of carbonyl (C=O) groups is 2. The molecule has 0 bridgehead atoms. The average molecular weight is 380 g/mol. The fourth-order valence-electron chi connectivity index (χ4n) is 3.65. The molecular weight excluding hydrogens is 352 g/mol. The SMILES string of the molecule is CCC(=O)N(Cc1ccc(C(=O)Nc2ccccc2N)cn1)C1CCCCC1. The minimum absolute atomic E-state index is 0.162. The summed E-state index contributed by atoms with van der Waals surface area (Å²) < 4.78 is 0. The van der Waals surface area contributed by atoms with Crippen LogP contribution in [0.2, 0.25) is 0 Å². The molecule has 148 valence electrons. The van der Waals surface area contributed by atoms with Gasteiger partial charge >= 0.3 is 0 Å². The minimum Gasteiger partial charge on any atom is -0.397 e. The summed E-state index contributed by atoms with van der Waals surface area (Å²) in [6.45, 7) is 2.39. The van der Waals surface area contributed by atoms with Gasteiger partial charge < -0.3 is 16.0 Å². The summed E-state index contributed by atoms with van der Waals surface area (Å²) in [6.07, 6.45) is 7.77. The highest BCUT2D eigenvalue weighted by Gasteiger charge is 2.25. The van der Waals surface area contributed by atoms with Gasteiger partial charge in [0, 0.05) is 18.7 Å². The summed E-state index contributed by atoms with van der Waals surface area (Å²) >= 11 is 0. The van der Waals surface area contributed by atoms with Gasteiger partial charge in [-0.3, -0.25) is 14.6 Å². The van der Waals surface area contributed by atoms with Crippen LogP contribution in [0.3, 0.4) is 0 Å². The van der Waals surface area contributed by atoms with Crippen molar-refractivity contribution in [2.45, 2.75) is 58.0 Å². The highest BCUT2D eigenvalue weighted by molar-refractivity contribution is 6.05. The zero-order valence-electron chi connectivity index (χ0n) is 16.4. The Labute approximate surface area is 166 Å². The first-order valence-corrected chi connectivity index (χ1v) is 9.98. The predicted octanol–water partition coefficient (Wildman–Crippen LogP) is 3.99. The van der Waals surface area contributed by atoms with Crippen LogP contribution in [0.15, 0.2) is 42.6 Å². The van der Waals surface area contributed by atoms with Crippen LogP contribution in [-0.2, 0) is 11.3 Å². The van der Waals surface area contributed by atoms with Crippen LogP contribution in [0, 0.1) is 0 Å². The Morgan fingerprint density at radius 1 is 1.14 bits per heavy atom. The molecule has 0 aliphatic heterocycles. The van der Waals surface area contributed by atoms with Crippen LogP contribution in [0.5, 0.6) is 0 Å². The molecule has 0 spiro atoms. The summed E-state index contributed by atoms with van der Waals surface area (Å²) in [5, 5.41) is 2.80. The van der Waals surface area contributed by atoms with E-state index >= 15 is 0 Å². The van der Waals surface area contributed by atoms with Gasteiger partial charge in [-0.1, -0.05) is 38.3 Å². The largest absolute Gasteiger partial charge is 0.397 e. The number of amides is 2. The predicted molar refractivity (Wildman–Crippen MR) is 111 cm³/mol. The number of nitrogens with one attached hydrogen (secondary N) is 1. The lowest BCUT2D eigenvalue weighted by Crippen LogP contribution is -2.40. The van der Waals surface area contributed by atoms with E-state index in [2.05, 4.69) is 10.3 Å². The Morgan fingerprint density at radius 2 is 1.89 bits per heavy atom. The third-order valence-corrected chi connectivity index (χ3v) is 5.27. The second kappa shape index (κ2) is 9.35. The first-order chi connectivity index (χ1) is 13.6. The van der Waals surface area contributed by atoms with Crippen molar-refractivity contribution in [3.63, 3.8) is 0 Å². The summed E-state index contributed by atoms with van der Waals surface area (Å²) in [4.78, 5) is 31.3. The number of pyridine rings is 1. The molecule has 0 atom stereocenters. The van der Waals surface area contributed by atoms with Gasteiger partial charge in [0.2, 0.25) is 5.91 Å². The zero-order chi connectivity index (χ0) is 19.9. The molecule has 0 saturated heterocycles. The van der Waals surface area contributed by atoms with Gasteiger partial charge in [0.1, 0.15) is 0 Å². The quantitative estimate of drug-likeness (QED) is 0.742. The van der Waals surface area contributed by atoms with Crippen molar-refractivity contribution in [3.8, 4) is 0 Å². The van der Waals surface area contributed by atoms with Crippen molar-refractivity contribution in [1.82, 2.24) is 9.88 Å². The summed E-state index contributed by atoms with van der Waals surface area (Å²) in [6, 6.07) is 11.0. The van der Waals surface area contributed by atoms with Gasteiger partial charge in [-0.25, -0.2) is 0 Å². The van der Waals surface area contributed by atoms with Gasteiger partial charge in [0.15, 0.2) is 0 Å². The summed E-state index contributed by atoms with van der Waals surface area (Å²) in [5.74, 6) is -0.0965. The van der Waals surface area contributed by atoms with Crippen molar-refractivity contribution in [2.24, 2.45) is 0 Å². The van der Waals surface area contributed by atoms with E-state index in [1.807, 2.05) is 30.0 Å². The lowest BCUT2D eigenvalue weighted by molar-refractivity contribution is -0.134. The molecule has 6 nitrogen and oxygen atoms in total. The van der Waals surface area contributed by atoms with Crippen LogP contribution in [0.25, 0.3) is 0 Å². The number of nitrogens with two attached hydrogens (primary N) is 1. The van der Waals surface area contributed by atoms with Gasteiger partial charge in [0.25, 0.3) is 5.91 Å². The number of hydrogen-bond donors (Lipinski definition) is 2. The monoisotopic (exact) mass is 380 g/mol. The van der Waals surface area contributed by atoms with E-state index in [1.54, 1.807) is 24.4 Å². The number of hydrogen-bond acceptors (Lipinski definition) is 4. The van der Waals surface area contributed by atoms with Crippen LogP contribution in [0.1, 0.15) is 61.5 Å². The maximum absolute atomic E-state index is 12.4. The Morgan fingerprint density at radius 3 is 2.54 bits per heavy atom. The van der Waals surface area contributed by atoms with Crippen LogP contribution >= 0.6 is 0 Å². The first-order valence-electron chi connectivity index (χ1n) is 9.98. The molecule has 3 rings (SSSR count). The molecule has 2 amide bonds. The molecule has 1 aliphatic rings. The Hall–Kier alpha value is -2.89. The molecule has 1 fully saturated rings. The average Bonchev–Trinajstić information content (AvgIpc) is 2.74. The third-order valence-electron chi connectivity index (χ3n) is 5.27. The van der Waals surface area contributed by atoms with Crippen molar-refractivity contribution in [1.29, 1.82) is 0 Å². The number of benzene rings is 1. The van der Waals surface area contributed by atoms with E-state index in [9.17, 15) is 9.59 Å². The Bertz CT molecular complexity index is 814. The van der Waals surface area contributed by atoms with Crippen molar-refractivity contribution < 1.29 is 9.59 Å². The van der Waals surface area contributed by atoms with Gasteiger partial charge in [-0.05, 0) is 37.1 Å². The molecule has 1 aromatic carbocycles. The number of para-hydroxylation sites is 2. The van der Waals surface area contributed by atoms with Crippen LogP contribution in [-0.4, -0.2) is 27.7 Å². The number of anilines is 2. The van der Waals surface area contributed by atoms with E-state index in [0.29, 0.717) is 35.9 Å². The van der Waals surface area contributed by atoms with E-state index in [-0.39, 0.29) is 11.8 Å². The second-order valence-electron chi connectivity index (χ2n) is 7.25. The molecule has 2 aromatic rings. The molecule has 1 aliphatic carbocycles. The normalized spacial score (nSPS) is 14.5. The van der Waals surface area contributed by atoms with Crippen molar-refractivity contribution in [3.05, 3.63) is 53.9 Å². The molecule has 1 heterocycles. The number of aromatic nitrogens is 1. The lowest BCUT2D eigenvalue weighted by atomic mass is 9.94. The summed E-state index contributed by atoms with van der Waals surface area (Å²) in [5.41, 5.74) is 8.21.